The van der Waals surface area contributed by atoms with Gasteiger partial charge in [-0.1, -0.05) is 18.2 Å². The molecule has 1 aliphatic rings. The molecule has 1 fully saturated rings. The van der Waals surface area contributed by atoms with Crippen LogP contribution in [0.5, 0.6) is 0 Å². The number of rotatable bonds is 4. The van der Waals surface area contributed by atoms with Crippen molar-refractivity contribution in [2.75, 3.05) is 26.2 Å². The van der Waals surface area contributed by atoms with E-state index in [0.717, 1.165) is 5.56 Å². The molecule has 7 nitrogen and oxygen atoms in total. The van der Waals surface area contributed by atoms with E-state index in [-0.39, 0.29) is 41.5 Å². The number of nitriles is 1. The molecule has 0 aliphatic carbocycles. The number of nitrogens with zero attached hydrogens (tertiary/aromatic N) is 3. The molecule has 0 unspecified atom stereocenters. The largest absolute Gasteiger partial charge is 0.243 e. The van der Waals surface area contributed by atoms with E-state index in [0.29, 0.717) is 5.56 Å². The van der Waals surface area contributed by atoms with E-state index in [9.17, 15) is 16.8 Å². The zero-order valence-electron chi connectivity index (χ0n) is 15.7. The molecular weight excluding hydrogens is 398 g/mol. The monoisotopic (exact) mass is 419 g/mol. The molecule has 2 aromatic carbocycles. The second-order valence-corrected chi connectivity index (χ2v) is 10.6. The van der Waals surface area contributed by atoms with Crippen LogP contribution in [-0.2, 0) is 20.0 Å². The van der Waals surface area contributed by atoms with Crippen LogP contribution in [0, 0.1) is 25.2 Å². The molecule has 0 amide bonds. The Labute approximate surface area is 165 Å². The number of hydrogen-bond acceptors (Lipinski definition) is 5. The third-order valence-corrected chi connectivity index (χ3v) is 8.70. The van der Waals surface area contributed by atoms with Crippen LogP contribution in [0.25, 0.3) is 0 Å². The van der Waals surface area contributed by atoms with Gasteiger partial charge < -0.3 is 0 Å². The van der Waals surface area contributed by atoms with E-state index >= 15 is 0 Å². The molecule has 28 heavy (non-hydrogen) atoms. The highest BCUT2D eigenvalue weighted by Crippen LogP contribution is 2.24. The highest BCUT2D eigenvalue weighted by atomic mass is 32.2. The van der Waals surface area contributed by atoms with Gasteiger partial charge in [-0.25, -0.2) is 16.8 Å². The minimum atomic E-state index is -3.78. The van der Waals surface area contributed by atoms with Crippen molar-refractivity contribution < 1.29 is 16.8 Å². The zero-order valence-corrected chi connectivity index (χ0v) is 17.3. The second-order valence-electron chi connectivity index (χ2n) is 6.72. The summed E-state index contributed by atoms with van der Waals surface area (Å²) >= 11 is 0. The van der Waals surface area contributed by atoms with Gasteiger partial charge in [-0.3, -0.25) is 0 Å². The highest BCUT2D eigenvalue weighted by molar-refractivity contribution is 7.89. The van der Waals surface area contributed by atoms with Gasteiger partial charge in [0, 0.05) is 26.2 Å². The van der Waals surface area contributed by atoms with Gasteiger partial charge in [-0.15, -0.1) is 0 Å². The van der Waals surface area contributed by atoms with Gasteiger partial charge in [0.2, 0.25) is 20.0 Å². The van der Waals surface area contributed by atoms with E-state index in [2.05, 4.69) is 0 Å². The van der Waals surface area contributed by atoms with Crippen LogP contribution < -0.4 is 0 Å². The molecule has 148 valence electrons. The lowest BCUT2D eigenvalue weighted by Crippen LogP contribution is -2.50. The smallest absolute Gasteiger partial charge is 0.207 e. The minimum absolute atomic E-state index is 0.0392. The maximum atomic E-state index is 13.0. The van der Waals surface area contributed by atoms with Crippen LogP contribution in [0.4, 0.5) is 0 Å². The van der Waals surface area contributed by atoms with Gasteiger partial charge in [-0.05, 0) is 49.2 Å². The molecule has 0 saturated carbocycles. The Morgan fingerprint density at radius 3 is 2.07 bits per heavy atom. The molecule has 1 aliphatic heterocycles. The number of sulfonamides is 2. The summed E-state index contributed by atoms with van der Waals surface area (Å²) < 4.78 is 54.2. The number of benzene rings is 2. The average molecular weight is 420 g/mol. The molecule has 0 radical (unpaired) electrons. The molecular formula is C19H21N3O4S2. The summed E-state index contributed by atoms with van der Waals surface area (Å²) in [4.78, 5) is 0.294. The molecule has 0 N–H and O–H groups in total. The van der Waals surface area contributed by atoms with Gasteiger partial charge in [-0.2, -0.15) is 13.9 Å². The predicted molar refractivity (Wildman–Crippen MR) is 105 cm³/mol. The Morgan fingerprint density at radius 1 is 0.857 bits per heavy atom. The zero-order chi connectivity index (χ0) is 20.5. The van der Waals surface area contributed by atoms with Gasteiger partial charge in [0.25, 0.3) is 0 Å². The fraction of sp³-hybridized carbons (Fsp3) is 0.316. The van der Waals surface area contributed by atoms with Gasteiger partial charge in [0.15, 0.2) is 0 Å². The van der Waals surface area contributed by atoms with Crippen LogP contribution in [0.15, 0.2) is 52.3 Å². The molecule has 1 heterocycles. The van der Waals surface area contributed by atoms with Crippen LogP contribution in [0.2, 0.25) is 0 Å². The lowest BCUT2D eigenvalue weighted by atomic mass is 10.2. The van der Waals surface area contributed by atoms with E-state index < -0.39 is 20.0 Å². The van der Waals surface area contributed by atoms with Crippen molar-refractivity contribution in [2.45, 2.75) is 23.6 Å². The molecule has 0 spiro atoms. The summed E-state index contributed by atoms with van der Waals surface area (Å²) in [7, 11) is -7.47. The Morgan fingerprint density at radius 2 is 1.46 bits per heavy atom. The van der Waals surface area contributed by atoms with Crippen molar-refractivity contribution in [3.63, 3.8) is 0 Å². The molecule has 0 aromatic heterocycles. The molecule has 1 saturated heterocycles. The third-order valence-electron chi connectivity index (χ3n) is 4.76. The first-order chi connectivity index (χ1) is 13.2. The number of hydrogen-bond donors (Lipinski definition) is 0. The average Bonchev–Trinajstić information content (AvgIpc) is 2.69. The van der Waals surface area contributed by atoms with Crippen LogP contribution in [-0.4, -0.2) is 51.6 Å². The molecule has 9 heteroatoms. The summed E-state index contributed by atoms with van der Waals surface area (Å²) in [6, 6.07) is 13.0. The van der Waals surface area contributed by atoms with E-state index in [1.54, 1.807) is 19.1 Å². The SMILES string of the molecule is Cc1ccc(C)c(S(=O)(=O)N2CCN(S(=O)(=O)c3cccc(C#N)c3)CC2)c1. The van der Waals surface area contributed by atoms with Gasteiger partial charge in [0.1, 0.15) is 0 Å². The van der Waals surface area contributed by atoms with Gasteiger partial charge >= 0.3 is 0 Å². The number of aryl methyl sites for hydroxylation is 2. The fourth-order valence-corrected chi connectivity index (χ4v) is 6.35. The maximum Gasteiger partial charge on any atom is 0.243 e. The summed E-state index contributed by atoms with van der Waals surface area (Å²) in [6.45, 7) is 3.85. The van der Waals surface area contributed by atoms with Gasteiger partial charge in [0.05, 0.1) is 21.4 Å². The lowest BCUT2D eigenvalue weighted by molar-refractivity contribution is 0.272. The summed E-state index contributed by atoms with van der Waals surface area (Å²) in [6.07, 6.45) is 0. The van der Waals surface area contributed by atoms with E-state index in [1.807, 2.05) is 19.1 Å². The van der Waals surface area contributed by atoms with Crippen molar-refractivity contribution in [2.24, 2.45) is 0 Å². The summed E-state index contributed by atoms with van der Waals surface area (Å²) in [5.74, 6) is 0. The van der Waals surface area contributed by atoms with E-state index in [4.69, 9.17) is 5.26 Å². The molecule has 0 atom stereocenters. The highest BCUT2D eigenvalue weighted by Gasteiger charge is 2.34. The van der Waals surface area contributed by atoms with E-state index in [1.165, 1.54) is 32.9 Å². The third kappa shape index (κ3) is 3.82. The first kappa shape index (κ1) is 20.5. The summed E-state index contributed by atoms with van der Waals surface area (Å²) in [5.41, 5.74) is 1.77. The Bertz CT molecular complexity index is 1140. The van der Waals surface area contributed by atoms with Crippen LogP contribution in [0.1, 0.15) is 16.7 Å². The van der Waals surface area contributed by atoms with Crippen LogP contribution >= 0.6 is 0 Å². The van der Waals surface area contributed by atoms with Crippen molar-refractivity contribution in [1.82, 2.24) is 8.61 Å². The predicted octanol–water partition coefficient (Wildman–Crippen LogP) is 1.87. The molecule has 2 aromatic rings. The first-order valence-corrected chi connectivity index (χ1v) is 11.6. The first-order valence-electron chi connectivity index (χ1n) is 8.74. The lowest BCUT2D eigenvalue weighted by Gasteiger charge is -2.33. The van der Waals surface area contributed by atoms with Crippen molar-refractivity contribution in [3.8, 4) is 6.07 Å². The normalized spacial score (nSPS) is 16.6. The Balaban J connectivity index is 1.80. The fourth-order valence-electron chi connectivity index (χ4n) is 3.15. The van der Waals surface area contributed by atoms with Crippen molar-refractivity contribution in [1.29, 1.82) is 5.26 Å². The maximum absolute atomic E-state index is 13.0. The second kappa shape index (κ2) is 7.64. The Kier molecular flexibility index (Phi) is 5.59. The molecule has 0 bridgehead atoms. The van der Waals surface area contributed by atoms with Crippen molar-refractivity contribution in [3.05, 3.63) is 59.2 Å². The number of piperazine rings is 1. The van der Waals surface area contributed by atoms with Crippen LogP contribution in [0.3, 0.4) is 0 Å². The summed E-state index contributed by atoms with van der Waals surface area (Å²) in [5, 5.41) is 8.98. The standard InChI is InChI=1S/C19H21N3O4S2/c1-15-6-7-16(2)19(12-15)28(25,26)22-10-8-21(9-11-22)27(23,24)18-5-3-4-17(13-18)14-20/h3-7,12-13H,8-11H2,1-2H3. The quantitative estimate of drug-likeness (QED) is 0.753. The topological polar surface area (TPSA) is 98.6 Å². The Hall–Kier alpha value is -2.25. The van der Waals surface area contributed by atoms with Crippen molar-refractivity contribution >= 4 is 20.0 Å². The minimum Gasteiger partial charge on any atom is -0.207 e. The molecule has 3 rings (SSSR count).